The SMILES string of the molecule is CN1CCC(c2ccccc2)c2ccc(-c3cncnc3)cc2C1. The largest absolute Gasteiger partial charge is 0.302 e. The van der Waals surface area contributed by atoms with Crippen molar-refractivity contribution in [1.82, 2.24) is 14.9 Å². The van der Waals surface area contributed by atoms with Gasteiger partial charge >= 0.3 is 0 Å². The smallest absolute Gasteiger partial charge is 0.115 e. The van der Waals surface area contributed by atoms with Crippen molar-refractivity contribution in [1.29, 1.82) is 0 Å². The van der Waals surface area contributed by atoms with Crippen molar-refractivity contribution >= 4 is 0 Å². The van der Waals surface area contributed by atoms with E-state index < -0.39 is 0 Å². The van der Waals surface area contributed by atoms with Gasteiger partial charge in [0.1, 0.15) is 6.33 Å². The fraction of sp³-hybridized carbons (Fsp3) is 0.238. The van der Waals surface area contributed by atoms with Gasteiger partial charge in [-0.1, -0.05) is 42.5 Å². The highest BCUT2D eigenvalue weighted by Gasteiger charge is 2.22. The summed E-state index contributed by atoms with van der Waals surface area (Å²) in [6.07, 6.45) is 6.49. The normalized spacial score (nSPS) is 18.0. The van der Waals surface area contributed by atoms with Crippen LogP contribution < -0.4 is 0 Å². The van der Waals surface area contributed by atoms with Crippen molar-refractivity contribution in [3.8, 4) is 11.1 Å². The molecule has 1 unspecified atom stereocenters. The van der Waals surface area contributed by atoms with Crippen molar-refractivity contribution in [2.24, 2.45) is 0 Å². The van der Waals surface area contributed by atoms with Crippen LogP contribution in [0.3, 0.4) is 0 Å². The molecule has 1 aliphatic heterocycles. The summed E-state index contributed by atoms with van der Waals surface area (Å²) in [6.45, 7) is 2.10. The predicted molar refractivity (Wildman–Crippen MR) is 96.7 cm³/mol. The van der Waals surface area contributed by atoms with Crippen molar-refractivity contribution in [2.45, 2.75) is 18.9 Å². The molecule has 3 aromatic rings. The third kappa shape index (κ3) is 2.95. The van der Waals surface area contributed by atoms with Crippen LogP contribution in [0.4, 0.5) is 0 Å². The third-order valence-electron chi connectivity index (χ3n) is 4.85. The van der Waals surface area contributed by atoms with Crippen LogP contribution in [0.5, 0.6) is 0 Å². The predicted octanol–water partition coefficient (Wildman–Crippen LogP) is 4.11. The number of fused-ring (bicyclic) bond motifs is 1. The molecular weight excluding hydrogens is 294 g/mol. The van der Waals surface area contributed by atoms with Crippen LogP contribution in [0, 0.1) is 0 Å². The van der Waals surface area contributed by atoms with Gasteiger partial charge < -0.3 is 4.90 Å². The average Bonchev–Trinajstić information content (AvgIpc) is 2.80. The Balaban J connectivity index is 1.79. The highest BCUT2D eigenvalue weighted by atomic mass is 15.1. The minimum absolute atomic E-state index is 0.465. The van der Waals surface area contributed by atoms with Crippen LogP contribution in [0.25, 0.3) is 11.1 Å². The summed E-state index contributed by atoms with van der Waals surface area (Å²) in [4.78, 5) is 10.7. The Bertz CT molecular complexity index is 815. The van der Waals surface area contributed by atoms with Gasteiger partial charge in [0, 0.05) is 30.4 Å². The first-order valence-corrected chi connectivity index (χ1v) is 8.43. The van der Waals surface area contributed by atoms with E-state index in [1.807, 2.05) is 12.4 Å². The number of aromatic nitrogens is 2. The molecule has 3 nitrogen and oxygen atoms in total. The van der Waals surface area contributed by atoms with Gasteiger partial charge in [-0.15, -0.1) is 0 Å². The van der Waals surface area contributed by atoms with Gasteiger partial charge in [-0.05, 0) is 48.3 Å². The van der Waals surface area contributed by atoms with Gasteiger partial charge in [0.15, 0.2) is 0 Å². The zero-order chi connectivity index (χ0) is 16.4. The fourth-order valence-corrected chi connectivity index (χ4v) is 3.62. The Morgan fingerprint density at radius 1 is 0.958 bits per heavy atom. The molecule has 2 heterocycles. The van der Waals surface area contributed by atoms with E-state index in [2.05, 4.69) is 70.4 Å². The molecule has 4 rings (SSSR count). The van der Waals surface area contributed by atoms with Crippen LogP contribution in [-0.2, 0) is 6.54 Å². The second kappa shape index (κ2) is 6.54. The van der Waals surface area contributed by atoms with E-state index >= 15 is 0 Å². The Hall–Kier alpha value is -2.52. The number of benzene rings is 2. The first-order chi connectivity index (χ1) is 11.8. The molecular formula is C21H21N3. The minimum atomic E-state index is 0.465. The van der Waals surface area contributed by atoms with Crippen LogP contribution in [0.1, 0.15) is 29.0 Å². The molecule has 0 amide bonds. The molecule has 1 aliphatic rings. The molecule has 0 fully saturated rings. The quantitative estimate of drug-likeness (QED) is 0.712. The average molecular weight is 315 g/mol. The Kier molecular flexibility index (Phi) is 4.09. The molecule has 24 heavy (non-hydrogen) atoms. The van der Waals surface area contributed by atoms with Gasteiger partial charge in [0.05, 0.1) is 0 Å². The lowest BCUT2D eigenvalue weighted by molar-refractivity contribution is 0.328. The lowest BCUT2D eigenvalue weighted by Crippen LogP contribution is -2.17. The molecule has 0 saturated carbocycles. The summed E-state index contributed by atoms with van der Waals surface area (Å²) in [7, 11) is 2.20. The second-order valence-corrected chi connectivity index (χ2v) is 6.53. The summed E-state index contributed by atoms with van der Waals surface area (Å²) in [5, 5.41) is 0. The molecule has 0 aliphatic carbocycles. The lowest BCUT2D eigenvalue weighted by atomic mass is 9.85. The van der Waals surface area contributed by atoms with E-state index in [4.69, 9.17) is 0 Å². The van der Waals surface area contributed by atoms with Crippen LogP contribution in [-0.4, -0.2) is 28.5 Å². The molecule has 0 N–H and O–H groups in total. The van der Waals surface area contributed by atoms with Crippen LogP contribution in [0.2, 0.25) is 0 Å². The molecule has 1 atom stereocenters. The molecule has 0 radical (unpaired) electrons. The molecule has 3 heteroatoms. The van der Waals surface area contributed by atoms with E-state index in [1.54, 1.807) is 6.33 Å². The topological polar surface area (TPSA) is 29.0 Å². The van der Waals surface area contributed by atoms with Gasteiger partial charge in [-0.3, -0.25) is 0 Å². The molecule has 1 aromatic heterocycles. The maximum Gasteiger partial charge on any atom is 0.115 e. The number of hydrogen-bond acceptors (Lipinski definition) is 3. The maximum atomic E-state index is 4.15. The number of nitrogens with zero attached hydrogens (tertiary/aromatic N) is 3. The van der Waals surface area contributed by atoms with E-state index in [0.717, 1.165) is 25.1 Å². The molecule has 0 spiro atoms. The monoisotopic (exact) mass is 315 g/mol. The van der Waals surface area contributed by atoms with Crippen LogP contribution in [0.15, 0.2) is 67.3 Å². The highest BCUT2D eigenvalue weighted by Crippen LogP contribution is 2.35. The molecule has 0 bridgehead atoms. The first-order valence-electron chi connectivity index (χ1n) is 8.43. The summed E-state index contributed by atoms with van der Waals surface area (Å²) in [6, 6.07) is 17.7. The Labute approximate surface area is 143 Å². The summed E-state index contributed by atoms with van der Waals surface area (Å²) >= 11 is 0. The van der Waals surface area contributed by atoms with Gasteiger partial charge in [-0.25, -0.2) is 9.97 Å². The Morgan fingerprint density at radius 2 is 1.75 bits per heavy atom. The number of rotatable bonds is 2. The number of hydrogen-bond donors (Lipinski definition) is 0. The van der Waals surface area contributed by atoms with Gasteiger partial charge in [0.25, 0.3) is 0 Å². The van der Waals surface area contributed by atoms with Crippen molar-refractivity contribution in [3.63, 3.8) is 0 Å². The van der Waals surface area contributed by atoms with E-state index in [-0.39, 0.29) is 0 Å². The molecule has 0 saturated heterocycles. The zero-order valence-electron chi connectivity index (χ0n) is 13.9. The standard InChI is InChI=1S/C21H21N3/c1-24-10-9-21(16-5-3-2-4-6-16)20-8-7-17(11-18(20)14-24)19-12-22-15-23-13-19/h2-8,11-13,15,21H,9-10,14H2,1H3. The van der Waals surface area contributed by atoms with E-state index in [1.165, 1.54) is 22.3 Å². The summed E-state index contributed by atoms with van der Waals surface area (Å²) in [5.41, 5.74) is 6.53. The van der Waals surface area contributed by atoms with Gasteiger partial charge in [-0.2, -0.15) is 0 Å². The van der Waals surface area contributed by atoms with E-state index in [9.17, 15) is 0 Å². The lowest BCUT2D eigenvalue weighted by Gasteiger charge is -2.18. The summed E-state index contributed by atoms with van der Waals surface area (Å²) < 4.78 is 0. The van der Waals surface area contributed by atoms with E-state index in [0.29, 0.717) is 5.92 Å². The maximum absolute atomic E-state index is 4.15. The first kappa shape index (κ1) is 15.0. The third-order valence-corrected chi connectivity index (χ3v) is 4.85. The van der Waals surface area contributed by atoms with Crippen LogP contribution >= 0.6 is 0 Å². The Morgan fingerprint density at radius 3 is 2.54 bits per heavy atom. The van der Waals surface area contributed by atoms with Crippen molar-refractivity contribution < 1.29 is 0 Å². The fourth-order valence-electron chi connectivity index (χ4n) is 3.62. The highest BCUT2D eigenvalue weighted by molar-refractivity contribution is 5.63. The minimum Gasteiger partial charge on any atom is -0.302 e. The van der Waals surface area contributed by atoms with Crippen molar-refractivity contribution in [3.05, 3.63) is 83.9 Å². The molecule has 120 valence electrons. The summed E-state index contributed by atoms with van der Waals surface area (Å²) in [5.74, 6) is 0.465. The van der Waals surface area contributed by atoms with Crippen molar-refractivity contribution in [2.75, 3.05) is 13.6 Å². The molecule has 2 aromatic carbocycles. The van der Waals surface area contributed by atoms with Gasteiger partial charge in [0.2, 0.25) is 0 Å². The zero-order valence-corrected chi connectivity index (χ0v) is 13.9. The second-order valence-electron chi connectivity index (χ2n) is 6.53.